The van der Waals surface area contributed by atoms with Crippen molar-refractivity contribution in [1.29, 1.82) is 5.26 Å². The molecule has 104 valence electrons. The summed E-state index contributed by atoms with van der Waals surface area (Å²) >= 11 is 0. The molecule has 0 radical (unpaired) electrons. The van der Waals surface area contributed by atoms with Crippen LogP contribution in [0.25, 0.3) is 0 Å². The second kappa shape index (κ2) is 9.20. The van der Waals surface area contributed by atoms with Gasteiger partial charge < -0.3 is 19.5 Å². The Hall–Kier alpha value is -1.77. The van der Waals surface area contributed by atoms with Gasteiger partial charge in [-0.1, -0.05) is 6.07 Å². The molecule has 0 aliphatic rings. The van der Waals surface area contributed by atoms with E-state index >= 15 is 0 Å². The van der Waals surface area contributed by atoms with Gasteiger partial charge in [0.15, 0.2) is 0 Å². The summed E-state index contributed by atoms with van der Waals surface area (Å²) in [6, 6.07) is 7.55. The van der Waals surface area contributed by atoms with Gasteiger partial charge in [0.05, 0.1) is 31.6 Å². The molecule has 0 amide bonds. The van der Waals surface area contributed by atoms with E-state index in [-0.39, 0.29) is 0 Å². The third-order valence-electron chi connectivity index (χ3n) is 2.57. The van der Waals surface area contributed by atoms with Gasteiger partial charge in [0.2, 0.25) is 0 Å². The predicted octanol–water partition coefficient (Wildman–Crippen LogP) is 2.03. The van der Waals surface area contributed by atoms with Crippen molar-refractivity contribution in [2.75, 3.05) is 45.9 Å². The molecule has 0 fully saturated rings. The van der Waals surface area contributed by atoms with Crippen LogP contribution in [0.5, 0.6) is 5.75 Å². The number of nitrogens with zero attached hydrogens (tertiary/aromatic N) is 1. The molecule has 0 aromatic heterocycles. The Bertz CT molecular complexity index is 416. The second-order valence-electron chi connectivity index (χ2n) is 3.88. The summed E-state index contributed by atoms with van der Waals surface area (Å²) < 4.78 is 15.5. The van der Waals surface area contributed by atoms with Crippen LogP contribution in [0.3, 0.4) is 0 Å². The van der Waals surface area contributed by atoms with Crippen molar-refractivity contribution < 1.29 is 14.2 Å². The van der Waals surface area contributed by atoms with E-state index in [1.165, 1.54) is 0 Å². The van der Waals surface area contributed by atoms with Gasteiger partial charge in [0, 0.05) is 20.3 Å². The minimum absolute atomic E-state index is 0.583. The Balaban J connectivity index is 2.38. The molecule has 0 unspecified atom stereocenters. The Kier molecular flexibility index (Phi) is 7.40. The van der Waals surface area contributed by atoms with Gasteiger partial charge in [-0.2, -0.15) is 5.26 Å². The number of para-hydroxylation sites is 1. The molecular weight excluding hydrogens is 244 g/mol. The van der Waals surface area contributed by atoms with Crippen molar-refractivity contribution in [3.63, 3.8) is 0 Å². The van der Waals surface area contributed by atoms with E-state index in [1.54, 1.807) is 26.4 Å². The number of methoxy groups -OCH3 is 2. The molecule has 0 aliphatic carbocycles. The van der Waals surface area contributed by atoms with E-state index in [0.29, 0.717) is 31.1 Å². The smallest absolute Gasteiger partial charge is 0.143 e. The summed E-state index contributed by atoms with van der Waals surface area (Å²) in [6.07, 6.45) is 0.854. The van der Waals surface area contributed by atoms with Gasteiger partial charge in [0.25, 0.3) is 0 Å². The number of anilines is 1. The van der Waals surface area contributed by atoms with Crippen LogP contribution in [0, 0.1) is 11.3 Å². The SMILES string of the molecule is COCCOCCCNc1c(C#N)cccc1OC. The quantitative estimate of drug-likeness (QED) is 0.691. The predicted molar refractivity (Wildman–Crippen MR) is 73.5 cm³/mol. The molecule has 1 rings (SSSR count). The number of benzene rings is 1. The first kappa shape index (κ1) is 15.3. The van der Waals surface area contributed by atoms with Crippen LogP contribution in [0.4, 0.5) is 5.69 Å². The molecule has 0 bridgehead atoms. The van der Waals surface area contributed by atoms with Crippen LogP contribution in [-0.4, -0.2) is 40.6 Å². The molecule has 1 aromatic rings. The Morgan fingerprint density at radius 3 is 2.74 bits per heavy atom. The van der Waals surface area contributed by atoms with Crippen molar-refractivity contribution in [3.05, 3.63) is 23.8 Å². The van der Waals surface area contributed by atoms with Crippen molar-refractivity contribution in [2.24, 2.45) is 0 Å². The van der Waals surface area contributed by atoms with Crippen molar-refractivity contribution in [3.8, 4) is 11.8 Å². The molecule has 19 heavy (non-hydrogen) atoms. The minimum atomic E-state index is 0.583. The van der Waals surface area contributed by atoms with Crippen LogP contribution < -0.4 is 10.1 Å². The van der Waals surface area contributed by atoms with Gasteiger partial charge in [-0.15, -0.1) is 0 Å². The minimum Gasteiger partial charge on any atom is -0.495 e. The highest BCUT2D eigenvalue weighted by Gasteiger charge is 2.07. The Morgan fingerprint density at radius 2 is 2.05 bits per heavy atom. The average molecular weight is 264 g/mol. The zero-order valence-electron chi connectivity index (χ0n) is 11.4. The molecule has 0 spiro atoms. The van der Waals surface area contributed by atoms with Gasteiger partial charge in [0.1, 0.15) is 11.8 Å². The summed E-state index contributed by atoms with van der Waals surface area (Å²) in [6.45, 7) is 2.60. The van der Waals surface area contributed by atoms with E-state index in [2.05, 4.69) is 11.4 Å². The Morgan fingerprint density at radius 1 is 1.21 bits per heavy atom. The molecule has 0 aliphatic heterocycles. The maximum Gasteiger partial charge on any atom is 0.143 e. The third kappa shape index (κ3) is 5.16. The number of nitriles is 1. The summed E-state index contributed by atoms with van der Waals surface area (Å²) in [5, 5.41) is 12.3. The first-order valence-corrected chi connectivity index (χ1v) is 6.21. The fraction of sp³-hybridized carbons (Fsp3) is 0.500. The lowest BCUT2D eigenvalue weighted by atomic mass is 10.1. The number of ether oxygens (including phenoxy) is 3. The summed E-state index contributed by atoms with van der Waals surface area (Å²) in [5.41, 5.74) is 1.32. The lowest BCUT2D eigenvalue weighted by molar-refractivity contribution is 0.0705. The zero-order valence-corrected chi connectivity index (χ0v) is 11.4. The van der Waals surface area contributed by atoms with Crippen molar-refractivity contribution in [2.45, 2.75) is 6.42 Å². The summed E-state index contributed by atoms with van der Waals surface area (Å²) in [5.74, 6) is 0.680. The fourth-order valence-corrected chi connectivity index (χ4v) is 1.61. The molecule has 0 saturated carbocycles. The van der Waals surface area contributed by atoms with E-state index in [1.807, 2.05) is 6.07 Å². The van der Waals surface area contributed by atoms with Gasteiger partial charge in [-0.05, 0) is 18.6 Å². The molecule has 0 heterocycles. The second-order valence-corrected chi connectivity index (χ2v) is 3.88. The van der Waals surface area contributed by atoms with Gasteiger partial charge in [-0.3, -0.25) is 0 Å². The zero-order chi connectivity index (χ0) is 13.9. The van der Waals surface area contributed by atoms with Crippen LogP contribution in [0.15, 0.2) is 18.2 Å². The molecule has 5 heteroatoms. The van der Waals surface area contributed by atoms with E-state index in [9.17, 15) is 0 Å². The highest BCUT2D eigenvalue weighted by molar-refractivity contribution is 5.66. The molecule has 0 atom stereocenters. The van der Waals surface area contributed by atoms with Crippen LogP contribution in [-0.2, 0) is 9.47 Å². The van der Waals surface area contributed by atoms with Crippen LogP contribution >= 0.6 is 0 Å². The van der Waals surface area contributed by atoms with E-state index in [4.69, 9.17) is 19.5 Å². The maximum absolute atomic E-state index is 9.05. The fourth-order valence-electron chi connectivity index (χ4n) is 1.61. The lowest BCUT2D eigenvalue weighted by Crippen LogP contribution is -2.09. The molecule has 0 saturated heterocycles. The van der Waals surface area contributed by atoms with Crippen molar-refractivity contribution >= 4 is 5.69 Å². The number of hydrogen-bond acceptors (Lipinski definition) is 5. The first-order valence-electron chi connectivity index (χ1n) is 6.21. The first-order chi connectivity index (χ1) is 9.33. The largest absolute Gasteiger partial charge is 0.495 e. The number of nitrogens with one attached hydrogen (secondary N) is 1. The van der Waals surface area contributed by atoms with Crippen LogP contribution in [0.2, 0.25) is 0 Å². The molecule has 1 aromatic carbocycles. The van der Waals surface area contributed by atoms with Gasteiger partial charge in [-0.25, -0.2) is 0 Å². The third-order valence-corrected chi connectivity index (χ3v) is 2.57. The topological polar surface area (TPSA) is 63.5 Å². The molecule has 1 N–H and O–H groups in total. The lowest BCUT2D eigenvalue weighted by Gasteiger charge is -2.12. The van der Waals surface area contributed by atoms with Crippen LogP contribution in [0.1, 0.15) is 12.0 Å². The molecule has 5 nitrogen and oxygen atoms in total. The highest BCUT2D eigenvalue weighted by Crippen LogP contribution is 2.27. The summed E-state index contributed by atoms with van der Waals surface area (Å²) in [7, 11) is 3.24. The summed E-state index contributed by atoms with van der Waals surface area (Å²) in [4.78, 5) is 0. The van der Waals surface area contributed by atoms with E-state index in [0.717, 1.165) is 18.7 Å². The van der Waals surface area contributed by atoms with Crippen molar-refractivity contribution in [1.82, 2.24) is 0 Å². The standard InChI is InChI=1S/C14H20N2O3/c1-17-9-10-19-8-4-7-16-14-12(11-15)5-3-6-13(14)18-2/h3,5-6,16H,4,7-10H2,1-2H3. The Labute approximate surface area is 114 Å². The average Bonchev–Trinajstić information content (AvgIpc) is 2.46. The normalized spacial score (nSPS) is 9.95. The van der Waals surface area contributed by atoms with E-state index < -0.39 is 0 Å². The maximum atomic E-state index is 9.05. The number of hydrogen-bond donors (Lipinski definition) is 1. The number of rotatable bonds is 9. The molecular formula is C14H20N2O3. The van der Waals surface area contributed by atoms with Gasteiger partial charge >= 0.3 is 0 Å². The monoisotopic (exact) mass is 264 g/mol. The highest BCUT2D eigenvalue weighted by atomic mass is 16.5.